The van der Waals surface area contributed by atoms with Crippen molar-refractivity contribution in [2.75, 3.05) is 26.3 Å². The highest BCUT2D eigenvalue weighted by Gasteiger charge is 2.59. The van der Waals surface area contributed by atoms with Crippen molar-refractivity contribution < 1.29 is 19.1 Å². The van der Waals surface area contributed by atoms with Gasteiger partial charge < -0.3 is 9.47 Å². The van der Waals surface area contributed by atoms with E-state index in [-0.39, 0.29) is 24.3 Å². The van der Waals surface area contributed by atoms with Crippen LogP contribution in [0, 0.1) is 0 Å². The monoisotopic (exact) mass is 406 g/mol. The summed E-state index contributed by atoms with van der Waals surface area (Å²) >= 11 is 0. The van der Waals surface area contributed by atoms with Gasteiger partial charge in [0.1, 0.15) is 0 Å². The van der Waals surface area contributed by atoms with E-state index in [9.17, 15) is 9.59 Å². The number of hydrogen-bond acceptors (Lipinski definition) is 4. The number of rotatable bonds is 6. The van der Waals surface area contributed by atoms with Crippen LogP contribution in [0.25, 0.3) is 0 Å². The Bertz CT molecular complexity index is 884. The van der Waals surface area contributed by atoms with E-state index in [4.69, 9.17) is 9.47 Å². The van der Waals surface area contributed by atoms with Crippen molar-refractivity contribution >= 4 is 12.1 Å². The lowest BCUT2D eigenvalue weighted by molar-refractivity contribution is 0.0504. The standard InChI is InChI=1S/C22H22N4O4/c27-21-23(11-17-13-29-17)19(15-7-3-1-4-8-15)25-22(28)24(12-18-14-30-18)20(26(21)25)16-9-5-2-6-10-16/h1-10,17-20H,11-14H2/t17-,18-,19-,20+/m0/s1. The molecule has 6 rings (SSSR count). The third-order valence-electron chi connectivity index (χ3n) is 5.97. The Morgan fingerprint density at radius 1 is 0.667 bits per heavy atom. The van der Waals surface area contributed by atoms with Gasteiger partial charge in [0, 0.05) is 0 Å². The summed E-state index contributed by atoms with van der Waals surface area (Å²) < 4.78 is 10.8. The summed E-state index contributed by atoms with van der Waals surface area (Å²) in [4.78, 5) is 30.8. The molecule has 2 aromatic rings. The molecule has 4 aliphatic heterocycles. The maximum atomic E-state index is 13.7. The zero-order chi connectivity index (χ0) is 20.2. The van der Waals surface area contributed by atoms with Gasteiger partial charge in [-0.1, -0.05) is 60.7 Å². The zero-order valence-corrected chi connectivity index (χ0v) is 16.3. The van der Waals surface area contributed by atoms with Crippen molar-refractivity contribution in [3.05, 3.63) is 71.8 Å². The smallest absolute Gasteiger partial charge is 0.343 e. The minimum absolute atomic E-state index is 0.0302. The molecule has 0 aromatic heterocycles. The van der Waals surface area contributed by atoms with Crippen LogP contribution in [0.1, 0.15) is 23.5 Å². The SMILES string of the molecule is O=C1N(C[C@H]2CO2)[C@H](c2ccccc2)N2C(=O)N(C[C@H]3CO3)[C@@H](c3ccccc3)N12. The second-order valence-corrected chi connectivity index (χ2v) is 8.04. The summed E-state index contributed by atoms with van der Waals surface area (Å²) in [5, 5.41) is 3.22. The fourth-order valence-corrected chi connectivity index (χ4v) is 4.40. The van der Waals surface area contributed by atoms with Crippen LogP contribution >= 0.6 is 0 Å². The van der Waals surface area contributed by atoms with Crippen LogP contribution in [0.4, 0.5) is 9.59 Å². The molecule has 0 unspecified atom stereocenters. The fourth-order valence-electron chi connectivity index (χ4n) is 4.40. The first-order valence-electron chi connectivity index (χ1n) is 10.2. The molecule has 0 bridgehead atoms. The number of ether oxygens (including phenoxy) is 2. The van der Waals surface area contributed by atoms with Crippen molar-refractivity contribution in [2.24, 2.45) is 0 Å². The van der Waals surface area contributed by atoms with E-state index in [1.54, 1.807) is 19.8 Å². The first kappa shape index (κ1) is 17.7. The summed E-state index contributed by atoms with van der Waals surface area (Å²) in [7, 11) is 0. The first-order chi connectivity index (χ1) is 14.7. The highest BCUT2D eigenvalue weighted by atomic mass is 16.6. The molecular formula is C22H22N4O4. The number of carbonyl (C=O) groups excluding carboxylic acids is 2. The van der Waals surface area contributed by atoms with Gasteiger partial charge in [0.2, 0.25) is 0 Å². The maximum Gasteiger partial charge on any atom is 0.343 e. The predicted molar refractivity (Wildman–Crippen MR) is 106 cm³/mol. The van der Waals surface area contributed by atoms with Crippen molar-refractivity contribution in [1.82, 2.24) is 19.8 Å². The lowest BCUT2D eigenvalue weighted by atomic mass is 10.1. The molecule has 4 fully saturated rings. The van der Waals surface area contributed by atoms with Crippen LogP contribution in [0.2, 0.25) is 0 Å². The van der Waals surface area contributed by atoms with E-state index in [1.807, 2.05) is 60.7 Å². The fraction of sp³-hybridized carbons (Fsp3) is 0.364. The van der Waals surface area contributed by atoms with Crippen LogP contribution < -0.4 is 0 Å². The number of hydrogen-bond donors (Lipinski definition) is 0. The maximum absolute atomic E-state index is 13.7. The number of fused-ring (bicyclic) bond motifs is 1. The number of hydrazine groups is 1. The second kappa shape index (κ2) is 6.72. The molecule has 8 nitrogen and oxygen atoms in total. The number of epoxide rings is 2. The van der Waals surface area contributed by atoms with E-state index < -0.39 is 12.3 Å². The van der Waals surface area contributed by atoms with Crippen LogP contribution in [-0.2, 0) is 9.47 Å². The Kier molecular flexibility index (Phi) is 3.97. The average molecular weight is 406 g/mol. The molecule has 4 atom stereocenters. The molecule has 4 saturated heterocycles. The van der Waals surface area contributed by atoms with Gasteiger partial charge in [-0.25, -0.2) is 19.6 Å². The summed E-state index contributed by atoms with van der Waals surface area (Å²) in [6.45, 7) is 2.22. The molecule has 154 valence electrons. The largest absolute Gasteiger partial charge is 0.371 e. The molecule has 0 spiro atoms. The third-order valence-corrected chi connectivity index (χ3v) is 5.97. The molecule has 2 aromatic carbocycles. The number of urea groups is 2. The molecule has 0 saturated carbocycles. The molecule has 0 radical (unpaired) electrons. The Balaban J connectivity index is 1.44. The van der Waals surface area contributed by atoms with Crippen molar-refractivity contribution in [3.8, 4) is 0 Å². The average Bonchev–Trinajstić information content (AvgIpc) is 3.70. The van der Waals surface area contributed by atoms with Gasteiger partial charge in [-0.2, -0.15) is 0 Å². The molecule has 0 aliphatic carbocycles. The summed E-state index contributed by atoms with van der Waals surface area (Å²) in [5.41, 5.74) is 1.80. The van der Waals surface area contributed by atoms with Crippen LogP contribution in [-0.4, -0.2) is 70.4 Å². The quantitative estimate of drug-likeness (QED) is 0.692. The van der Waals surface area contributed by atoms with Gasteiger partial charge in [-0.05, 0) is 11.1 Å². The lowest BCUT2D eigenvalue weighted by Gasteiger charge is -2.29. The van der Waals surface area contributed by atoms with Crippen molar-refractivity contribution in [2.45, 2.75) is 24.5 Å². The second-order valence-electron chi connectivity index (χ2n) is 8.04. The summed E-state index contributed by atoms with van der Waals surface area (Å²) in [6.07, 6.45) is -0.927. The van der Waals surface area contributed by atoms with E-state index in [1.165, 1.54) is 0 Å². The van der Waals surface area contributed by atoms with E-state index in [0.29, 0.717) is 26.3 Å². The van der Waals surface area contributed by atoms with Gasteiger partial charge in [-0.15, -0.1) is 0 Å². The van der Waals surface area contributed by atoms with Crippen LogP contribution in [0.5, 0.6) is 0 Å². The number of amides is 4. The highest BCUT2D eigenvalue weighted by Crippen LogP contribution is 2.46. The Labute approximate surface area is 174 Å². The number of carbonyl (C=O) groups is 2. The van der Waals surface area contributed by atoms with E-state index >= 15 is 0 Å². The minimum Gasteiger partial charge on any atom is -0.371 e. The molecule has 30 heavy (non-hydrogen) atoms. The lowest BCUT2D eigenvalue weighted by Crippen LogP contribution is -2.42. The van der Waals surface area contributed by atoms with Gasteiger partial charge >= 0.3 is 12.1 Å². The molecule has 4 heterocycles. The summed E-state index contributed by atoms with van der Waals surface area (Å²) in [6, 6.07) is 19.1. The minimum atomic E-state index is -0.494. The molecule has 0 N–H and O–H groups in total. The Hall–Kier alpha value is -3.10. The normalized spacial score (nSPS) is 29.6. The Morgan fingerprint density at radius 2 is 1.03 bits per heavy atom. The summed E-state index contributed by atoms with van der Waals surface area (Å²) in [5.74, 6) is 0. The molecule has 4 amide bonds. The van der Waals surface area contributed by atoms with Crippen LogP contribution in [0.3, 0.4) is 0 Å². The van der Waals surface area contributed by atoms with Crippen LogP contribution in [0.15, 0.2) is 60.7 Å². The number of benzene rings is 2. The zero-order valence-electron chi connectivity index (χ0n) is 16.3. The van der Waals surface area contributed by atoms with Crippen molar-refractivity contribution in [1.29, 1.82) is 0 Å². The molecule has 4 aliphatic rings. The molecule has 8 heteroatoms. The topological polar surface area (TPSA) is 72.2 Å². The van der Waals surface area contributed by atoms with Gasteiger partial charge in [-0.3, -0.25) is 9.80 Å². The van der Waals surface area contributed by atoms with E-state index in [0.717, 1.165) is 11.1 Å². The number of nitrogens with zero attached hydrogens (tertiary/aromatic N) is 4. The van der Waals surface area contributed by atoms with Crippen molar-refractivity contribution in [3.63, 3.8) is 0 Å². The van der Waals surface area contributed by atoms with Gasteiger partial charge in [0.25, 0.3) is 0 Å². The third kappa shape index (κ3) is 2.83. The van der Waals surface area contributed by atoms with E-state index in [2.05, 4.69) is 0 Å². The highest BCUT2D eigenvalue weighted by molar-refractivity contribution is 5.88. The van der Waals surface area contributed by atoms with Gasteiger partial charge in [0.05, 0.1) is 38.5 Å². The molecular weight excluding hydrogens is 384 g/mol. The Morgan fingerprint density at radius 3 is 1.37 bits per heavy atom. The first-order valence-corrected chi connectivity index (χ1v) is 10.2. The van der Waals surface area contributed by atoms with Gasteiger partial charge in [0.15, 0.2) is 12.3 Å². The predicted octanol–water partition coefficient (Wildman–Crippen LogP) is 2.57.